The Labute approximate surface area is 132 Å². The van der Waals surface area contributed by atoms with Gasteiger partial charge in [0.1, 0.15) is 0 Å². The van der Waals surface area contributed by atoms with Crippen LogP contribution in [0.5, 0.6) is 0 Å². The van der Waals surface area contributed by atoms with Crippen LogP contribution in [0.25, 0.3) is 0 Å². The van der Waals surface area contributed by atoms with Gasteiger partial charge in [-0.2, -0.15) is 5.26 Å². The molecule has 0 saturated carbocycles. The number of aliphatic hydroxyl groups excluding tert-OH is 1. The number of carbonyl (C=O) groups excluding carboxylic acids is 1. The second-order valence-corrected chi connectivity index (χ2v) is 5.08. The van der Waals surface area contributed by atoms with Crippen LogP contribution in [-0.4, -0.2) is 34.3 Å². The molecular formula is C15H14ClN3O3. The zero-order chi connectivity index (χ0) is 16.2. The number of hydrogen-bond donors (Lipinski definition) is 1. The van der Waals surface area contributed by atoms with Gasteiger partial charge in [0, 0.05) is 30.5 Å². The van der Waals surface area contributed by atoms with Crippen molar-refractivity contribution < 1.29 is 14.6 Å². The number of carbonyl (C=O) groups is 1. The number of ether oxygens (including phenoxy) is 1. The summed E-state index contributed by atoms with van der Waals surface area (Å²) in [5.41, 5.74) is 1.48. The molecule has 0 radical (unpaired) electrons. The minimum absolute atomic E-state index is 0.104. The minimum Gasteiger partial charge on any atom is -0.466 e. The summed E-state index contributed by atoms with van der Waals surface area (Å²) in [6.45, 7) is -0.104. The van der Waals surface area contributed by atoms with E-state index in [9.17, 15) is 4.79 Å². The number of rotatable bonds is 5. The zero-order valence-electron chi connectivity index (χ0n) is 11.9. The van der Waals surface area contributed by atoms with Gasteiger partial charge in [0.25, 0.3) is 0 Å². The van der Waals surface area contributed by atoms with Gasteiger partial charge in [-0.15, -0.1) is 0 Å². The number of benzene rings is 1. The molecule has 0 fully saturated rings. The largest absolute Gasteiger partial charge is 0.466 e. The van der Waals surface area contributed by atoms with Gasteiger partial charge >= 0.3 is 5.97 Å². The lowest BCUT2D eigenvalue weighted by Gasteiger charge is -2.28. The molecule has 1 aromatic carbocycles. The Morgan fingerprint density at radius 3 is 2.73 bits per heavy atom. The molecular weight excluding hydrogens is 306 g/mol. The van der Waals surface area contributed by atoms with Gasteiger partial charge in [-0.25, -0.2) is 9.78 Å². The molecule has 0 amide bonds. The van der Waals surface area contributed by atoms with Crippen molar-refractivity contribution >= 4 is 17.6 Å². The van der Waals surface area contributed by atoms with Gasteiger partial charge in [0.15, 0.2) is 0 Å². The Morgan fingerprint density at radius 2 is 2.18 bits per heavy atom. The highest BCUT2D eigenvalue weighted by Crippen LogP contribution is 2.34. The minimum atomic E-state index is -1.65. The van der Waals surface area contributed by atoms with Crippen molar-refractivity contribution in [3.63, 3.8) is 0 Å². The second-order valence-electron chi connectivity index (χ2n) is 4.53. The van der Waals surface area contributed by atoms with E-state index in [1.54, 1.807) is 24.3 Å². The summed E-state index contributed by atoms with van der Waals surface area (Å²) < 4.78 is 6.29. The predicted octanol–water partition coefficient (Wildman–Crippen LogP) is 1.40. The van der Waals surface area contributed by atoms with E-state index in [0.717, 1.165) is 0 Å². The molecule has 2 aromatic rings. The molecule has 1 aromatic heterocycles. The average molecular weight is 320 g/mol. The van der Waals surface area contributed by atoms with Gasteiger partial charge in [0.05, 0.1) is 25.1 Å². The molecule has 0 spiro atoms. The van der Waals surface area contributed by atoms with Crippen molar-refractivity contribution in [2.24, 2.45) is 0 Å². The van der Waals surface area contributed by atoms with Crippen LogP contribution in [-0.2, 0) is 21.0 Å². The highest BCUT2D eigenvalue weighted by atomic mass is 35.5. The Kier molecular flexibility index (Phi) is 4.81. The fourth-order valence-electron chi connectivity index (χ4n) is 2.16. The molecule has 22 heavy (non-hydrogen) atoms. The lowest BCUT2D eigenvalue weighted by Crippen LogP contribution is -2.39. The number of aromatic nitrogens is 2. The van der Waals surface area contributed by atoms with E-state index in [-0.39, 0.29) is 6.61 Å². The standard InChI is InChI=1S/C15H14ClN3O3/c1-22-14(21)15(16,12-4-2-11(8-17)3-5-12)19-10-18-9-13(19)6-7-20/h2-5,9-10,20H,6-7H2,1H3. The Bertz CT molecular complexity index is 706. The molecule has 0 aliphatic heterocycles. The van der Waals surface area contributed by atoms with E-state index in [2.05, 4.69) is 4.98 Å². The van der Waals surface area contributed by atoms with Crippen LogP contribution in [0.3, 0.4) is 0 Å². The summed E-state index contributed by atoms with van der Waals surface area (Å²) in [5, 5.41) is 18.0. The van der Waals surface area contributed by atoms with Gasteiger partial charge in [-0.1, -0.05) is 23.7 Å². The molecule has 1 N–H and O–H groups in total. The van der Waals surface area contributed by atoms with Crippen LogP contribution in [0.1, 0.15) is 16.8 Å². The summed E-state index contributed by atoms with van der Waals surface area (Å²) in [6.07, 6.45) is 3.23. The van der Waals surface area contributed by atoms with E-state index >= 15 is 0 Å². The zero-order valence-corrected chi connectivity index (χ0v) is 12.6. The Hall–Kier alpha value is -2.36. The van der Waals surface area contributed by atoms with Gasteiger partial charge < -0.3 is 14.4 Å². The van der Waals surface area contributed by atoms with Crippen LogP contribution in [0.15, 0.2) is 36.8 Å². The first-order valence-corrected chi connectivity index (χ1v) is 6.86. The van der Waals surface area contributed by atoms with Crippen molar-refractivity contribution in [2.75, 3.05) is 13.7 Å². The molecule has 0 saturated heterocycles. The third-order valence-electron chi connectivity index (χ3n) is 3.27. The first-order chi connectivity index (χ1) is 10.6. The number of imidazole rings is 1. The van der Waals surface area contributed by atoms with E-state index in [1.165, 1.54) is 24.2 Å². The van der Waals surface area contributed by atoms with E-state index < -0.39 is 11.0 Å². The molecule has 1 heterocycles. The van der Waals surface area contributed by atoms with E-state index in [0.29, 0.717) is 23.2 Å². The van der Waals surface area contributed by atoms with Crippen LogP contribution < -0.4 is 0 Å². The number of nitrogens with zero attached hydrogens (tertiary/aromatic N) is 3. The van der Waals surface area contributed by atoms with Gasteiger partial charge in [-0.05, 0) is 12.1 Å². The van der Waals surface area contributed by atoms with Gasteiger partial charge in [0.2, 0.25) is 5.00 Å². The number of halogens is 1. The average Bonchev–Trinajstić information content (AvgIpc) is 3.02. The summed E-state index contributed by atoms with van der Waals surface area (Å²) in [7, 11) is 1.24. The quantitative estimate of drug-likeness (QED) is 0.665. The monoisotopic (exact) mass is 319 g/mol. The number of alkyl halides is 1. The fraction of sp³-hybridized carbons (Fsp3) is 0.267. The summed E-state index contributed by atoms with van der Waals surface area (Å²) >= 11 is 6.60. The van der Waals surface area contributed by atoms with Crippen molar-refractivity contribution in [1.82, 2.24) is 9.55 Å². The van der Waals surface area contributed by atoms with Crippen molar-refractivity contribution in [3.05, 3.63) is 53.6 Å². The molecule has 0 aliphatic carbocycles. The lowest BCUT2D eigenvalue weighted by atomic mass is 10.0. The highest BCUT2D eigenvalue weighted by Gasteiger charge is 2.42. The van der Waals surface area contributed by atoms with Crippen molar-refractivity contribution in [1.29, 1.82) is 5.26 Å². The van der Waals surface area contributed by atoms with Crippen molar-refractivity contribution in [3.8, 4) is 6.07 Å². The maximum atomic E-state index is 12.3. The summed E-state index contributed by atoms with van der Waals surface area (Å²) in [4.78, 5) is 14.7. The highest BCUT2D eigenvalue weighted by molar-refractivity contribution is 6.33. The molecule has 6 nitrogen and oxygen atoms in total. The first kappa shape index (κ1) is 16.0. The predicted molar refractivity (Wildman–Crippen MR) is 79.1 cm³/mol. The SMILES string of the molecule is COC(=O)C(Cl)(c1ccc(C#N)cc1)n1cncc1CCO. The van der Waals surface area contributed by atoms with Crippen LogP contribution in [0.4, 0.5) is 0 Å². The number of esters is 1. The summed E-state index contributed by atoms with van der Waals surface area (Å²) in [5.74, 6) is -0.684. The van der Waals surface area contributed by atoms with Gasteiger partial charge in [-0.3, -0.25) is 0 Å². The number of nitriles is 1. The lowest BCUT2D eigenvalue weighted by molar-refractivity contribution is -0.145. The topological polar surface area (TPSA) is 88.1 Å². The maximum absolute atomic E-state index is 12.3. The third kappa shape index (κ3) is 2.69. The molecule has 0 bridgehead atoms. The fourth-order valence-corrected chi connectivity index (χ4v) is 2.51. The number of hydrogen-bond acceptors (Lipinski definition) is 5. The molecule has 2 rings (SSSR count). The Balaban J connectivity index is 2.59. The normalized spacial score (nSPS) is 13.2. The maximum Gasteiger partial charge on any atom is 0.352 e. The van der Waals surface area contributed by atoms with E-state index in [1.807, 2.05) is 6.07 Å². The van der Waals surface area contributed by atoms with Crippen LogP contribution in [0.2, 0.25) is 0 Å². The summed E-state index contributed by atoms with van der Waals surface area (Å²) in [6, 6.07) is 8.32. The van der Waals surface area contributed by atoms with Crippen LogP contribution >= 0.6 is 11.6 Å². The molecule has 0 aliphatic rings. The second kappa shape index (κ2) is 6.60. The van der Waals surface area contributed by atoms with E-state index in [4.69, 9.17) is 26.7 Å². The molecule has 1 unspecified atom stereocenters. The number of methoxy groups -OCH3 is 1. The smallest absolute Gasteiger partial charge is 0.352 e. The van der Waals surface area contributed by atoms with Crippen molar-refractivity contribution in [2.45, 2.75) is 11.4 Å². The first-order valence-electron chi connectivity index (χ1n) is 6.48. The van der Waals surface area contributed by atoms with Crippen LogP contribution in [0, 0.1) is 11.3 Å². The molecule has 7 heteroatoms. The Morgan fingerprint density at radius 1 is 1.50 bits per heavy atom. The third-order valence-corrected chi connectivity index (χ3v) is 3.82. The molecule has 1 atom stereocenters. The number of aliphatic hydroxyl groups is 1. The molecule has 114 valence electrons.